The number of alkyl halides is 3. The van der Waals surface area contributed by atoms with Gasteiger partial charge in [-0.25, -0.2) is 0 Å². The maximum atomic E-state index is 12.2. The third kappa shape index (κ3) is 4.57. The molecule has 1 heterocycles. The van der Waals surface area contributed by atoms with Gasteiger partial charge in [-0.05, 0) is 19.1 Å². The number of carboxylic acid groups (broad SMARTS) is 1. The molecule has 0 spiro atoms. The first-order valence-electron chi connectivity index (χ1n) is 5.26. The molecule has 0 aliphatic heterocycles. The second-order valence-corrected chi connectivity index (χ2v) is 3.90. The van der Waals surface area contributed by atoms with Gasteiger partial charge < -0.3 is 10.4 Å². The summed E-state index contributed by atoms with van der Waals surface area (Å²) in [6, 6.07) is 1.04. The zero-order valence-corrected chi connectivity index (χ0v) is 9.86. The quantitative estimate of drug-likeness (QED) is 0.877. The summed E-state index contributed by atoms with van der Waals surface area (Å²) in [5.41, 5.74) is -1.16. The van der Waals surface area contributed by atoms with Crippen LogP contribution in [0.3, 0.4) is 0 Å². The van der Waals surface area contributed by atoms with E-state index in [-0.39, 0.29) is 12.0 Å². The molecular formula is C11H11F3N2O3. The number of amides is 1. The smallest absolute Gasteiger partial charge is 0.433 e. The Hall–Kier alpha value is -2.12. The summed E-state index contributed by atoms with van der Waals surface area (Å²) >= 11 is 0. The van der Waals surface area contributed by atoms with Gasteiger partial charge in [-0.15, -0.1) is 0 Å². The highest BCUT2D eigenvalue weighted by molar-refractivity contribution is 5.94. The summed E-state index contributed by atoms with van der Waals surface area (Å²) in [6.45, 7) is 1.48. The Labute approximate surface area is 106 Å². The molecule has 104 valence electrons. The fourth-order valence-corrected chi connectivity index (χ4v) is 1.32. The minimum Gasteiger partial charge on any atom is -0.481 e. The van der Waals surface area contributed by atoms with Crippen LogP contribution in [0, 0.1) is 0 Å². The van der Waals surface area contributed by atoms with Crippen LogP contribution >= 0.6 is 0 Å². The fraction of sp³-hybridized carbons (Fsp3) is 0.364. The third-order valence-corrected chi connectivity index (χ3v) is 2.17. The van der Waals surface area contributed by atoms with Crippen molar-refractivity contribution in [3.05, 3.63) is 29.6 Å². The first-order valence-corrected chi connectivity index (χ1v) is 5.26. The molecule has 19 heavy (non-hydrogen) atoms. The van der Waals surface area contributed by atoms with E-state index in [4.69, 9.17) is 5.11 Å². The van der Waals surface area contributed by atoms with E-state index >= 15 is 0 Å². The van der Waals surface area contributed by atoms with Gasteiger partial charge in [0.15, 0.2) is 0 Å². The molecule has 0 bridgehead atoms. The van der Waals surface area contributed by atoms with Crippen LogP contribution in [-0.4, -0.2) is 28.0 Å². The second-order valence-electron chi connectivity index (χ2n) is 3.90. The Morgan fingerprint density at radius 1 is 1.42 bits per heavy atom. The van der Waals surface area contributed by atoms with Crippen LogP contribution in [0.15, 0.2) is 18.3 Å². The summed E-state index contributed by atoms with van der Waals surface area (Å²) in [5.74, 6) is -1.76. The topological polar surface area (TPSA) is 79.3 Å². The number of carbonyl (C=O) groups excluding carboxylic acids is 1. The highest BCUT2D eigenvalue weighted by Gasteiger charge is 2.32. The Bertz CT molecular complexity index is 471. The molecule has 0 aromatic carbocycles. The molecule has 1 amide bonds. The van der Waals surface area contributed by atoms with Crippen molar-refractivity contribution in [3.8, 4) is 0 Å². The zero-order chi connectivity index (χ0) is 14.6. The molecule has 0 saturated carbocycles. The molecule has 1 rings (SSSR count). The van der Waals surface area contributed by atoms with Crippen molar-refractivity contribution in [1.82, 2.24) is 10.3 Å². The Morgan fingerprint density at radius 2 is 2.05 bits per heavy atom. The first-order chi connectivity index (χ1) is 8.70. The van der Waals surface area contributed by atoms with Crippen molar-refractivity contribution in [2.75, 3.05) is 0 Å². The molecule has 2 N–H and O–H groups in total. The number of carbonyl (C=O) groups is 2. The van der Waals surface area contributed by atoms with Gasteiger partial charge in [0.25, 0.3) is 5.91 Å². The lowest BCUT2D eigenvalue weighted by Crippen LogP contribution is -2.34. The number of carboxylic acids is 1. The van der Waals surface area contributed by atoms with Crippen molar-refractivity contribution < 1.29 is 27.9 Å². The molecule has 1 unspecified atom stereocenters. The average Bonchev–Trinajstić information content (AvgIpc) is 2.26. The van der Waals surface area contributed by atoms with E-state index in [0.29, 0.717) is 6.07 Å². The first kappa shape index (κ1) is 14.9. The largest absolute Gasteiger partial charge is 0.481 e. The maximum Gasteiger partial charge on any atom is 0.433 e. The lowest BCUT2D eigenvalue weighted by atomic mass is 10.2. The summed E-state index contributed by atoms with van der Waals surface area (Å²) in [4.78, 5) is 25.1. The van der Waals surface area contributed by atoms with Crippen molar-refractivity contribution in [3.63, 3.8) is 0 Å². The van der Waals surface area contributed by atoms with Gasteiger partial charge in [0.05, 0.1) is 12.0 Å². The van der Waals surface area contributed by atoms with Gasteiger partial charge in [-0.1, -0.05) is 0 Å². The number of rotatable bonds is 4. The van der Waals surface area contributed by atoms with Gasteiger partial charge >= 0.3 is 12.1 Å². The number of hydrogen-bond acceptors (Lipinski definition) is 3. The molecule has 0 aliphatic rings. The van der Waals surface area contributed by atoms with Crippen LogP contribution in [0.1, 0.15) is 29.4 Å². The summed E-state index contributed by atoms with van der Waals surface area (Å²) < 4.78 is 36.7. The molecular weight excluding hydrogens is 265 g/mol. The minimum absolute atomic E-state index is 0.0646. The van der Waals surface area contributed by atoms with E-state index in [0.717, 1.165) is 12.3 Å². The molecule has 0 aliphatic carbocycles. The molecule has 0 radical (unpaired) electrons. The monoisotopic (exact) mass is 276 g/mol. The van der Waals surface area contributed by atoms with E-state index < -0.39 is 29.8 Å². The van der Waals surface area contributed by atoms with Crippen molar-refractivity contribution in [2.45, 2.75) is 25.6 Å². The molecule has 1 aromatic heterocycles. The van der Waals surface area contributed by atoms with E-state index in [2.05, 4.69) is 10.3 Å². The van der Waals surface area contributed by atoms with Crippen LogP contribution in [0.5, 0.6) is 0 Å². The molecule has 0 fully saturated rings. The standard InChI is InChI=1S/C11H11F3N2O3/c1-6(4-9(17)18)16-10(19)7-2-3-8(15-5-7)11(12,13)14/h2-3,5-6H,4H2,1H3,(H,16,19)(H,17,18). The Kier molecular flexibility index (Phi) is 4.47. The van der Waals surface area contributed by atoms with Crippen LogP contribution in [0.2, 0.25) is 0 Å². The molecule has 8 heteroatoms. The molecule has 1 atom stereocenters. The van der Waals surface area contributed by atoms with Crippen LogP contribution in [0.25, 0.3) is 0 Å². The summed E-state index contributed by atoms with van der Waals surface area (Å²) in [6.07, 6.45) is -4.04. The number of nitrogens with zero attached hydrogens (tertiary/aromatic N) is 1. The second kappa shape index (κ2) is 5.68. The number of aromatic nitrogens is 1. The number of hydrogen-bond donors (Lipinski definition) is 2. The van der Waals surface area contributed by atoms with Gasteiger partial charge in [-0.2, -0.15) is 13.2 Å². The van der Waals surface area contributed by atoms with E-state index in [1.807, 2.05) is 0 Å². The number of halogens is 3. The predicted octanol–water partition coefficient (Wildman–Crippen LogP) is 1.69. The Balaban J connectivity index is 2.71. The van der Waals surface area contributed by atoms with Crippen molar-refractivity contribution >= 4 is 11.9 Å². The van der Waals surface area contributed by atoms with E-state index in [9.17, 15) is 22.8 Å². The summed E-state index contributed by atoms with van der Waals surface area (Å²) in [5, 5.41) is 10.8. The highest BCUT2D eigenvalue weighted by atomic mass is 19.4. The van der Waals surface area contributed by atoms with E-state index in [1.165, 1.54) is 6.92 Å². The van der Waals surface area contributed by atoms with Gasteiger partial charge in [-0.3, -0.25) is 14.6 Å². The van der Waals surface area contributed by atoms with Crippen LogP contribution in [-0.2, 0) is 11.0 Å². The highest BCUT2D eigenvalue weighted by Crippen LogP contribution is 2.27. The maximum absolute atomic E-state index is 12.2. The zero-order valence-electron chi connectivity index (χ0n) is 9.86. The van der Waals surface area contributed by atoms with Crippen molar-refractivity contribution in [1.29, 1.82) is 0 Å². The fourth-order valence-electron chi connectivity index (χ4n) is 1.32. The number of pyridine rings is 1. The number of nitrogens with one attached hydrogen (secondary N) is 1. The molecule has 5 nitrogen and oxygen atoms in total. The van der Waals surface area contributed by atoms with Gasteiger partial charge in [0, 0.05) is 12.2 Å². The van der Waals surface area contributed by atoms with Crippen LogP contribution in [0.4, 0.5) is 13.2 Å². The molecule has 0 saturated heterocycles. The van der Waals surface area contributed by atoms with Gasteiger partial charge in [0.2, 0.25) is 0 Å². The Morgan fingerprint density at radius 3 is 2.47 bits per heavy atom. The van der Waals surface area contributed by atoms with E-state index in [1.54, 1.807) is 0 Å². The minimum atomic E-state index is -4.56. The lowest BCUT2D eigenvalue weighted by Gasteiger charge is -2.11. The SMILES string of the molecule is CC(CC(=O)O)NC(=O)c1ccc(C(F)(F)F)nc1. The molecule has 1 aromatic rings. The van der Waals surface area contributed by atoms with Crippen molar-refractivity contribution in [2.24, 2.45) is 0 Å². The average molecular weight is 276 g/mol. The summed E-state index contributed by atoms with van der Waals surface area (Å²) in [7, 11) is 0. The normalized spacial score (nSPS) is 12.8. The number of aliphatic carboxylic acids is 1. The lowest BCUT2D eigenvalue weighted by molar-refractivity contribution is -0.141. The predicted molar refractivity (Wildman–Crippen MR) is 58.4 cm³/mol. The van der Waals surface area contributed by atoms with Gasteiger partial charge in [0.1, 0.15) is 5.69 Å². The van der Waals surface area contributed by atoms with Crippen LogP contribution < -0.4 is 5.32 Å². The third-order valence-electron chi connectivity index (χ3n) is 2.17.